The van der Waals surface area contributed by atoms with E-state index in [4.69, 9.17) is 4.74 Å². The summed E-state index contributed by atoms with van der Waals surface area (Å²) < 4.78 is 35.2. The van der Waals surface area contributed by atoms with E-state index in [2.05, 4.69) is 15.3 Å². The molecule has 3 aromatic rings. The van der Waals surface area contributed by atoms with Crippen molar-refractivity contribution in [2.75, 3.05) is 11.9 Å². The number of ether oxygens (including phenoxy) is 1. The Balaban J connectivity index is 1.92. The van der Waals surface area contributed by atoms with Crippen LogP contribution in [0.15, 0.2) is 30.6 Å². The van der Waals surface area contributed by atoms with Crippen LogP contribution in [0.2, 0.25) is 0 Å². The van der Waals surface area contributed by atoms with Crippen LogP contribution >= 0.6 is 11.3 Å². The van der Waals surface area contributed by atoms with E-state index in [-0.39, 0.29) is 16.2 Å². The predicted octanol–water partition coefficient (Wildman–Crippen LogP) is 2.12. The van der Waals surface area contributed by atoms with Gasteiger partial charge in [-0.2, -0.15) is 0 Å². The Morgan fingerprint density at radius 2 is 1.93 bits per heavy atom. The van der Waals surface area contributed by atoms with Gasteiger partial charge < -0.3 is 0 Å². The van der Waals surface area contributed by atoms with E-state index < -0.39 is 14.2 Å². The molecule has 3 rings (SSSR count). The zero-order valence-corrected chi connectivity index (χ0v) is 18.2. The molecule has 1 aromatic carbocycles. The van der Waals surface area contributed by atoms with Crippen LogP contribution in [-0.4, -0.2) is 44.9 Å². The number of nitrogens with one attached hydrogen (secondary N) is 1. The quantitative estimate of drug-likeness (QED) is 0.374. The Kier molecular flexibility index (Phi) is 5.90. The van der Waals surface area contributed by atoms with Gasteiger partial charge in [0, 0.05) is 0 Å². The van der Waals surface area contributed by atoms with Crippen molar-refractivity contribution >= 4 is 57.6 Å². The van der Waals surface area contributed by atoms with Crippen molar-refractivity contribution in [3.8, 4) is 0 Å². The number of aromatic nitrogens is 2. The number of anilines is 2. The van der Waals surface area contributed by atoms with Gasteiger partial charge in [-0.15, -0.1) is 0 Å². The number of benzene rings is 1. The van der Waals surface area contributed by atoms with Crippen LogP contribution in [0.1, 0.15) is 29.1 Å². The first-order valence-corrected chi connectivity index (χ1v) is 12.7. The molecule has 0 fully saturated rings. The number of hydrogen-bond acceptors (Lipinski definition) is 7. The molecule has 2 aromatic heterocycles. The fourth-order valence-corrected chi connectivity index (χ4v) is 4.71. The molecule has 0 spiro atoms. The number of nitrogens with zero attached hydrogens (tertiary/aromatic N) is 2. The normalized spacial score (nSPS) is 11.8. The maximum absolute atomic E-state index is 12.4. The van der Waals surface area contributed by atoms with Crippen LogP contribution in [0.25, 0.3) is 10.2 Å². The summed E-state index contributed by atoms with van der Waals surface area (Å²) in [7, 11) is 0. The number of carbonyl (C=O) groups excluding carboxylic acids is 1. The van der Waals surface area contributed by atoms with Gasteiger partial charge in [-0.25, -0.2) is 0 Å². The molecule has 0 atom stereocenters. The van der Waals surface area contributed by atoms with Crippen molar-refractivity contribution in [2.45, 2.75) is 20.8 Å². The molecule has 0 aliphatic rings. The first-order chi connectivity index (χ1) is 13.2. The van der Waals surface area contributed by atoms with E-state index in [0.717, 1.165) is 5.56 Å². The zero-order chi connectivity index (χ0) is 20.5. The van der Waals surface area contributed by atoms with E-state index in [1.807, 2.05) is 20.8 Å². The van der Waals surface area contributed by atoms with Gasteiger partial charge in [-0.3, -0.25) is 0 Å². The summed E-state index contributed by atoms with van der Waals surface area (Å²) in [6, 6.07) is 5.91. The summed E-state index contributed by atoms with van der Waals surface area (Å²) >= 11 is -3.67. The van der Waals surface area contributed by atoms with Crippen LogP contribution in [0, 0.1) is 12.8 Å². The second-order valence-electron chi connectivity index (χ2n) is 6.67. The average Bonchev–Trinajstić information content (AvgIpc) is 2.97. The van der Waals surface area contributed by atoms with Crippen molar-refractivity contribution < 1.29 is 21.5 Å². The van der Waals surface area contributed by atoms with Crippen LogP contribution < -0.4 is 9.67 Å². The van der Waals surface area contributed by atoms with Crippen LogP contribution in [0.4, 0.5) is 11.5 Å². The summed E-state index contributed by atoms with van der Waals surface area (Å²) in [6.07, 6.45) is 1.40. The summed E-state index contributed by atoms with van der Waals surface area (Å²) in [5.74, 6) is 0.373. The number of esters is 1. The predicted molar refractivity (Wildman–Crippen MR) is 108 cm³/mol. The van der Waals surface area contributed by atoms with Crippen molar-refractivity contribution in [2.24, 2.45) is 5.92 Å². The molecular weight excluding hydrogens is 445 g/mol. The number of fused-ring (bicyclic) bond motifs is 1. The summed E-state index contributed by atoms with van der Waals surface area (Å²) in [6.45, 7) is 6.10. The molecule has 0 unspecified atom stereocenters. The van der Waals surface area contributed by atoms with E-state index in [9.17, 15) is 16.7 Å². The molecule has 0 amide bonds. The Morgan fingerprint density at radius 1 is 1.25 bits per heavy atom. The molecule has 0 aliphatic carbocycles. The second-order valence-corrected chi connectivity index (χ2v) is 11.0. The van der Waals surface area contributed by atoms with Gasteiger partial charge >= 0.3 is 149 Å². The first kappa shape index (κ1) is 20.5. The molecule has 0 radical (unpaired) electrons. The topological polar surface area (TPSA) is 122 Å². The monoisotopic (exact) mass is 465 g/mol. The van der Waals surface area contributed by atoms with Crippen molar-refractivity contribution in [3.63, 3.8) is 0 Å². The molecular formula is C18H20AsN3O5S. The first-order valence-electron chi connectivity index (χ1n) is 8.51. The minimum absolute atomic E-state index is 0.00147. The molecule has 8 nitrogen and oxygen atoms in total. The van der Waals surface area contributed by atoms with Gasteiger partial charge in [0.15, 0.2) is 0 Å². The Hall–Kier alpha value is -2.19. The van der Waals surface area contributed by atoms with Gasteiger partial charge in [-0.1, -0.05) is 13.8 Å². The molecule has 0 bridgehead atoms. The van der Waals surface area contributed by atoms with Gasteiger partial charge in [0.1, 0.15) is 0 Å². The van der Waals surface area contributed by atoms with E-state index in [1.54, 1.807) is 12.1 Å². The van der Waals surface area contributed by atoms with E-state index in [0.29, 0.717) is 33.2 Å². The van der Waals surface area contributed by atoms with Gasteiger partial charge in [-0.05, 0) is 5.92 Å². The molecule has 148 valence electrons. The van der Waals surface area contributed by atoms with Crippen molar-refractivity contribution in [3.05, 3.63) is 41.0 Å². The second kappa shape index (κ2) is 8.05. The Morgan fingerprint density at radius 3 is 2.54 bits per heavy atom. The number of aryl methyl sites for hydroxylation is 1. The van der Waals surface area contributed by atoms with E-state index in [1.165, 1.54) is 29.8 Å². The SMILES string of the molecule is Cc1c(C(=O)OCC(C)C)sc2ncnc(Nc3ccc([As](=O)(O)O)cc3)c12. The third-order valence-corrected chi connectivity index (χ3v) is 7.14. The standard InChI is InChI=1S/C18H20AsN3O5S/c1-10(2)8-27-18(23)15-11(3)14-16(20-9-21-17(14)28-15)22-13-6-4-12(5-7-13)19(24,25)26/h4-7,9-10H,8H2,1-3H3,(H,20,21,22)(H2,24,25,26). The van der Waals surface area contributed by atoms with Crippen LogP contribution in [-0.2, 0) is 8.48 Å². The number of hydrogen-bond donors (Lipinski definition) is 3. The van der Waals surface area contributed by atoms with Crippen LogP contribution in [0.3, 0.4) is 0 Å². The summed E-state index contributed by atoms with van der Waals surface area (Å²) in [5, 5.41) is 3.84. The Bertz CT molecular complexity index is 1060. The average molecular weight is 465 g/mol. The zero-order valence-electron chi connectivity index (χ0n) is 15.5. The molecule has 0 aliphatic heterocycles. The van der Waals surface area contributed by atoms with Crippen molar-refractivity contribution in [1.82, 2.24) is 9.97 Å². The third-order valence-electron chi connectivity index (χ3n) is 3.93. The summed E-state index contributed by atoms with van der Waals surface area (Å²) in [5.41, 5.74) is 1.34. The molecule has 0 saturated carbocycles. The number of rotatable bonds is 6. The number of thiophene rings is 1. The fourth-order valence-electron chi connectivity index (χ4n) is 2.54. The molecule has 2 heterocycles. The fraction of sp³-hybridized carbons (Fsp3) is 0.278. The van der Waals surface area contributed by atoms with Gasteiger partial charge in [0.05, 0.1) is 0 Å². The maximum atomic E-state index is 12.4. The van der Waals surface area contributed by atoms with E-state index >= 15 is 0 Å². The van der Waals surface area contributed by atoms with Crippen molar-refractivity contribution in [1.29, 1.82) is 0 Å². The van der Waals surface area contributed by atoms with Crippen LogP contribution in [0.5, 0.6) is 0 Å². The van der Waals surface area contributed by atoms with Gasteiger partial charge in [0.2, 0.25) is 0 Å². The minimum atomic E-state index is -4.92. The molecule has 28 heavy (non-hydrogen) atoms. The summed E-state index contributed by atoms with van der Waals surface area (Å²) in [4.78, 5) is 22.0. The number of carbonyl (C=O) groups is 1. The molecule has 3 N–H and O–H groups in total. The Labute approximate surface area is 168 Å². The van der Waals surface area contributed by atoms with Gasteiger partial charge in [0.25, 0.3) is 0 Å². The molecule has 10 heteroatoms. The molecule has 0 saturated heterocycles. The third kappa shape index (κ3) is 4.44.